The van der Waals surface area contributed by atoms with Crippen LogP contribution in [0, 0.1) is 0 Å². The molecule has 0 aliphatic rings. The van der Waals surface area contributed by atoms with E-state index in [2.05, 4.69) is 5.32 Å². The molecule has 16 heavy (non-hydrogen) atoms. The van der Waals surface area contributed by atoms with Crippen molar-refractivity contribution in [3.05, 3.63) is 0 Å². The third-order valence-electron chi connectivity index (χ3n) is 1.85. The van der Waals surface area contributed by atoms with Crippen LogP contribution in [-0.2, 0) is 14.4 Å². The van der Waals surface area contributed by atoms with Crippen LogP contribution in [0.3, 0.4) is 0 Å². The molecule has 1 unspecified atom stereocenters. The van der Waals surface area contributed by atoms with Gasteiger partial charge in [-0.05, 0) is 12.7 Å². The number of nitrogens with two attached hydrogens (primary N) is 1. The summed E-state index contributed by atoms with van der Waals surface area (Å²) in [6.07, 6.45) is 2.09. The standard InChI is InChI=1S/C9H16N2O4S/c1-16-5-4-8(13)11-6(9(14)15)2-3-7(10)12/h6H,2-5H2,1H3,(H2,10,12)(H,11,13)(H,14,15). The van der Waals surface area contributed by atoms with Crippen LogP contribution in [0.5, 0.6) is 0 Å². The highest BCUT2D eigenvalue weighted by Crippen LogP contribution is 2.00. The highest BCUT2D eigenvalue weighted by atomic mass is 32.2. The number of aliphatic carboxylic acids is 1. The molecule has 0 aliphatic heterocycles. The van der Waals surface area contributed by atoms with Crippen LogP contribution in [0.2, 0.25) is 0 Å². The summed E-state index contributed by atoms with van der Waals surface area (Å²) < 4.78 is 0. The van der Waals surface area contributed by atoms with Crippen molar-refractivity contribution < 1.29 is 19.5 Å². The maximum absolute atomic E-state index is 11.3. The van der Waals surface area contributed by atoms with E-state index in [-0.39, 0.29) is 25.2 Å². The minimum atomic E-state index is -1.15. The van der Waals surface area contributed by atoms with Crippen molar-refractivity contribution >= 4 is 29.5 Å². The molecule has 0 aromatic rings. The Balaban J connectivity index is 4.07. The molecular weight excluding hydrogens is 232 g/mol. The molecule has 7 heteroatoms. The number of hydrogen-bond donors (Lipinski definition) is 3. The summed E-state index contributed by atoms with van der Waals surface area (Å²) >= 11 is 1.50. The second kappa shape index (κ2) is 7.98. The molecule has 0 saturated carbocycles. The Morgan fingerprint density at radius 1 is 1.38 bits per heavy atom. The van der Waals surface area contributed by atoms with Gasteiger partial charge in [-0.2, -0.15) is 11.8 Å². The fraction of sp³-hybridized carbons (Fsp3) is 0.667. The summed E-state index contributed by atoms with van der Waals surface area (Å²) in [5, 5.41) is 11.1. The predicted molar refractivity (Wildman–Crippen MR) is 61.0 cm³/mol. The van der Waals surface area contributed by atoms with Gasteiger partial charge >= 0.3 is 5.97 Å². The van der Waals surface area contributed by atoms with E-state index in [0.29, 0.717) is 5.75 Å². The molecule has 0 aliphatic carbocycles. The number of carbonyl (C=O) groups excluding carboxylic acids is 2. The number of nitrogens with one attached hydrogen (secondary N) is 1. The van der Waals surface area contributed by atoms with Gasteiger partial charge in [0.2, 0.25) is 11.8 Å². The predicted octanol–water partition coefficient (Wildman–Crippen LogP) is -0.426. The van der Waals surface area contributed by atoms with Gasteiger partial charge in [0.15, 0.2) is 0 Å². The SMILES string of the molecule is CSCCC(=O)NC(CCC(N)=O)C(=O)O. The monoisotopic (exact) mass is 248 g/mol. The second-order valence-corrected chi connectivity index (χ2v) is 4.19. The Labute approximate surface area is 98.0 Å². The number of primary amides is 1. The first-order valence-corrected chi connectivity index (χ1v) is 6.16. The number of thioether (sulfide) groups is 1. The van der Waals surface area contributed by atoms with Crippen LogP contribution in [0.4, 0.5) is 0 Å². The van der Waals surface area contributed by atoms with Crippen molar-refractivity contribution in [2.45, 2.75) is 25.3 Å². The van der Waals surface area contributed by atoms with Crippen molar-refractivity contribution in [1.82, 2.24) is 5.32 Å². The molecule has 0 aromatic heterocycles. The number of hydrogen-bond acceptors (Lipinski definition) is 4. The summed E-state index contributed by atoms with van der Waals surface area (Å²) in [4.78, 5) is 32.5. The van der Waals surface area contributed by atoms with Crippen LogP contribution in [0.25, 0.3) is 0 Å². The number of carbonyl (C=O) groups is 3. The molecule has 0 rings (SSSR count). The van der Waals surface area contributed by atoms with Gasteiger partial charge in [-0.15, -0.1) is 0 Å². The fourth-order valence-corrected chi connectivity index (χ4v) is 1.39. The molecule has 92 valence electrons. The molecule has 0 heterocycles. The zero-order chi connectivity index (χ0) is 12.6. The second-order valence-electron chi connectivity index (χ2n) is 3.21. The average Bonchev–Trinajstić information content (AvgIpc) is 2.20. The van der Waals surface area contributed by atoms with Crippen LogP contribution in [0.1, 0.15) is 19.3 Å². The summed E-state index contributed by atoms with van der Waals surface area (Å²) in [5.74, 6) is -1.43. The number of rotatable bonds is 8. The maximum atomic E-state index is 11.3. The maximum Gasteiger partial charge on any atom is 0.326 e. The lowest BCUT2D eigenvalue weighted by Gasteiger charge is -2.13. The zero-order valence-corrected chi connectivity index (χ0v) is 9.88. The topological polar surface area (TPSA) is 109 Å². The Morgan fingerprint density at radius 2 is 2.00 bits per heavy atom. The summed E-state index contributed by atoms with van der Waals surface area (Å²) in [7, 11) is 0. The molecular formula is C9H16N2O4S. The van der Waals surface area contributed by atoms with Crippen LogP contribution in [-0.4, -0.2) is 40.9 Å². The highest BCUT2D eigenvalue weighted by molar-refractivity contribution is 7.98. The number of carboxylic acids is 1. The van der Waals surface area contributed by atoms with Gasteiger partial charge < -0.3 is 16.2 Å². The Bertz CT molecular complexity index is 270. The first-order valence-electron chi connectivity index (χ1n) is 4.76. The largest absolute Gasteiger partial charge is 0.480 e. The fourth-order valence-electron chi connectivity index (χ4n) is 1.01. The van der Waals surface area contributed by atoms with E-state index in [1.54, 1.807) is 0 Å². The third-order valence-corrected chi connectivity index (χ3v) is 2.46. The van der Waals surface area contributed by atoms with Crippen molar-refractivity contribution in [2.75, 3.05) is 12.0 Å². The lowest BCUT2D eigenvalue weighted by molar-refractivity contribution is -0.142. The van der Waals surface area contributed by atoms with Gasteiger partial charge in [0.25, 0.3) is 0 Å². The van der Waals surface area contributed by atoms with E-state index < -0.39 is 17.9 Å². The van der Waals surface area contributed by atoms with Crippen molar-refractivity contribution in [2.24, 2.45) is 5.73 Å². The molecule has 0 saturated heterocycles. The minimum Gasteiger partial charge on any atom is -0.480 e. The van der Waals surface area contributed by atoms with Gasteiger partial charge in [-0.25, -0.2) is 4.79 Å². The molecule has 0 radical (unpaired) electrons. The average molecular weight is 248 g/mol. The van der Waals surface area contributed by atoms with E-state index in [4.69, 9.17) is 10.8 Å². The number of carboxylic acid groups (broad SMARTS) is 1. The lowest BCUT2D eigenvalue weighted by atomic mass is 10.1. The molecule has 0 aromatic carbocycles. The van der Waals surface area contributed by atoms with Gasteiger partial charge in [0.05, 0.1) is 0 Å². The van der Waals surface area contributed by atoms with Crippen LogP contribution in [0.15, 0.2) is 0 Å². The van der Waals surface area contributed by atoms with E-state index >= 15 is 0 Å². The van der Waals surface area contributed by atoms with Gasteiger partial charge in [-0.3, -0.25) is 9.59 Å². The Kier molecular flexibility index (Phi) is 7.36. The highest BCUT2D eigenvalue weighted by Gasteiger charge is 2.19. The third kappa shape index (κ3) is 7.10. The van der Waals surface area contributed by atoms with Crippen LogP contribution >= 0.6 is 11.8 Å². The number of amides is 2. The van der Waals surface area contributed by atoms with Gasteiger partial charge in [-0.1, -0.05) is 0 Å². The molecule has 0 bridgehead atoms. The minimum absolute atomic E-state index is 0.0235. The van der Waals surface area contributed by atoms with E-state index in [0.717, 1.165) is 0 Å². The van der Waals surface area contributed by atoms with E-state index in [9.17, 15) is 14.4 Å². The van der Waals surface area contributed by atoms with Gasteiger partial charge in [0, 0.05) is 18.6 Å². The quantitative estimate of drug-likeness (QED) is 0.540. The molecule has 1 atom stereocenters. The first-order chi connectivity index (χ1) is 7.47. The molecule has 6 nitrogen and oxygen atoms in total. The molecule has 0 fully saturated rings. The van der Waals surface area contributed by atoms with Crippen LogP contribution < -0.4 is 11.1 Å². The summed E-state index contributed by atoms with van der Waals surface area (Å²) in [6, 6.07) is -1.04. The smallest absolute Gasteiger partial charge is 0.326 e. The molecule has 4 N–H and O–H groups in total. The van der Waals surface area contributed by atoms with Crippen molar-refractivity contribution in [1.29, 1.82) is 0 Å². The normalized spacial score (nSPS) is 11.8. The Morgan fingerprint density at radius 3 is 2.44 bits per heavy atom. The van der Waals surface area contributed by atoms with Crippen molar-refractivity contribution in [3.8, 4) is 0 Å². The van der Waals surface area contributed by atoms with E-state index in [1.807, 2.05) is 6.26 Å². The zero-order valence-electron chi connectivity index (χ0n) is 9.06. The van der Waals surface area contributed by atoms with E-state index in [1.165, 1.54) is 11.8 Å². The lowest BCUT2D eigenvalue weighted by Crippen LogP contribution is -2.41. The van der Waals surface area contributed by atoms with Gasteiger partial charge in [0.1, 0.15) is 6.04 Å². The molecule has 0 spiro atoms. The first kappa shape index (κ1) is 14.8. The summed E-state index contributed by atoms with van der Waals surface area (Å²) in [5.41, 5.74) is 4.90. The van der Waals surface area contributed by atoms with Crippen molar-refractivity contribution in [3.63, 3.8) is 0 Å². The summed E-state index contributed by atoms with van der Waals surface area (Å²) in [6.45, 7) is 0. The Hall–Kier alpha value is -1.24. The molecule has 2 amide bonds.